The van der Waals surface area contributed by atoms with E-state index in [9.17, 15) is 9.90 Å². The lowest BCUT2D eigenvalue weighted by molar-refractivity contribution is -0.141. The van der Waals surface area contributed by atoms with Crippen LogP contribution in [0.2, 0.25) is 0 Å². The molecule has 1 amide bonds. The Labute approximate surface area is 149 Å². The van der Waals surface area contributed by atoms with E-state index in [2.05, 4.69) is 18.2 Å². The SMILES string of the molecule is Cc1ccc(C)c(C2(O)CC3COCC(C2)N3C(=O)OC(C)(C)C)c1. The summed E-state index contributed by atoms with van der Waals surface area (Å²) >= 11 is 0. The third kappa shape index (κ3) is 3.67. The van der Waals surface area contributed by atoms with Crippen molar-refractivity contribution in [2.24, 2.45) is 0 Å². The Balaban J connectivity index is 1.88. The number of nitrogens with zero attached hydrogens (tertiary/aromatic N) is 1. The standard InChI is InChI=1S/C20H29NO4/c1-13-6-7-14(2)17(8-13)20(23)9-15-11-24-12-16(10-20)21(15)18(22)25-19(3,4)5/h6-8,15-16,23H,9-12H2,1-5H3. The lowest BCUT2D eigenvalue weighted by atomic mass is 9.75. The molecule has 138 valence electrons. The molecule has 2 bridgehead atoms. The third-order valence-corrected chi connectivity index (χ3v) is 5.05. The summed E-state index contributed by atoms with van der Waals surface area (Å²) in [5.74, 6) is 0. The van der Waals surface area contributed by atoms with Gasteiger partial charge in [-0.3, -0.25) is 4.90 Å². The quantitative estimate of drug-likeness (QED) is 0.847. The molecule has 5 heteroatoms. The van der Waals surface area contributed by atoms with E-state index in [4.69, 9.17) is 9.47 Å². The minimum atomic E-state index is -0.937. The molecule has 1 N–H and O–H groups in total. The van der Waals surface area contributed by atoms with Crippen molar-refractivity contribution in [3.63, 3.8) is 0 Å². The molecular weight excluding hydrogens is 318 g/mol. The molecule has 2 fully saturated rings. The van der Waals surface area contributed by atoms with E-state index in [-0.39, 0.29) is 18.2 Å². The number of carbonyl (C=O) groups is 1. The number of fused-ring (bicyclic) bond motifs is 2. The zero-order valence-electron chi connectivity index (χ0n) is 15.8. The first-order valence-electron chi connectivity index (χ1n) is 8.98. The van der Waals surface area contributed by atoms with E-state index in [0.29, 0.717) is 26.1 Å². The van der Waals surface area contributed by atoms with Crippen LogP contribution in [0.1, 0.15) is 50.3 Å². The van der Waals surface area contributed by atoms with Crippen molar-refractivity contribution >= 4 is 6.09 Å². The summed E-state index contributed by atoms with van der Waals surface area (Å²) in [6.07, 6.45) is 0.619. The molecule has 2 saturated heterocycles. The minimum Gasteiger partial charge on any atom is -0.444 e. The van der Waals surface area contributed by atoms with Crippen LogP contribution in [-0.4, -0.2) is 47.0 Å². The number of ether oxygens (including phenoxy) is 2. The van der Waals surface area contributed by atoms with Gasteiger partial charge in [0.2, 0.25) is 0 Å². The molecule has 3 rings (SSSR count). The van der Waals surface area contributed by atoms with Crippen LogP contribution in [-0.2, 0) is 15.1 Å². The van der Waals surface area contributed by atoms with Gasteiger partial charge in [-0.05, 0) is 45.7 Å². The van der Waals surface area contributed by atoms with Crippen molar-refractivity contribution in [3.8, 4) is 0 Å². The third-order valence-electron chi connectivity index (χ3n) is 5.05. The van der Waals surface area contributed by atoms with Gasteiger partial charge in [0.1, 0.15) is 5.60 Å². The van der Waals surface area contributed by atoms with E-state index in [1.807, 2.05) is 34.6 Å². The minimum absolute atomic E-state index is 0.174. The maximum atomic E-state index is 12.7. The highest BCUT2D eigenvalue weighted by Gasteiger charge is 2.50. The highest BCUT2D eigenvalue weighted by Crippen LogP contribution is 2.42. The molecule has 1 aromatic carbocycles. The molecule has 2 unspecified atom stereocenters. The second kappa shape index (κ2) is 6.29. The van der Waals surface area contributed by atoms with Gasteiger partial charge in [0.05, 0.1) is 30.9 Å². The van der Waals surface area contributed by atoms with Crippen LogP contribution >= 0.6 is 0 Å². The van der Waals surface area contributed by atoms with Crippen LogP contribution in [0.25, 0.3) is 0 Å². The van der Waals surface area contributed by atoms with E-state index in [1.165, 1.54) is 0 Å². The van der Waals surface area contributed by atoms with Crippen molar-refractivity contribution in [1.82, 2.24) is 4.90 Å². The number of benzene rings is 1. The first-order chi connectivity index (χ1) is 11.6. The monoisotopic (exact) mass is 347 g/mol. The second-order valence-electron chi connectivity index (χ2n) is 8.49. The smallest absolute Gasteiger partial charge is 0.410 e. The van der Waals surface area contributed by atoms with Crippen molar-refractivity contribution < 1.29 is 19.4 Å². The highest BCUT2D eigenvalue weighted by atomic mass is 16.6. The van der Waals surface area contributed by atoms with Crippen LogP contribution in [0.4, 0.5) is 4.79 Å². The predicted octanol–water partition coefficient (Wildman–Crippen LogP) is 3.29. The second-order valence-corrected chi connectivity index (χ2v) is 8.49. The van der Waals surface area contributed by atoms with Crippen molar-refractivity contribution in [1.29, 1.82) is 0 Å². The largest absolute Gasteiger partial charge is 0.444 e. The molecule has 0 aliphatic carbocycles. The molecule has 1 aromatic rings. The summed E-state index contributed by atoms with van der Waals surface area (Å²) in [4.78, 5) is 14.4. The fourth-order valence-corrected chi connectivity index (χ4v) is 4.05. The van der Waals surface area contributed by atoms with Gasteiger partial charge >= 0.3 is 6.09 Å². The highest BCUT2D eigenvalue weighted by molar-refractivity contribution is 5.69. The summed E-state index contributed by atoms with van der Waals surface area (Å²) < 4.78 is 11.2. The molecule has 0 aromatic heterocycles. The number of hydrogen-bond donors (Lipinski definition) is 1. The molecule has 0 saturated carbocycles. The average molecular weight is 347 g/mol. The van der Waals surface area contributed by atoms with Gasteiger partial charge in [-0.25, -0.2) is 4.79 Å². The van der Waals surface area contributed by atoms with Crippen LogP contribution in [0.5, 0.6) is 0 Å². The molecule has 0 radical (unpaired) electrons. The topological polar surface area (TPSA) is 59.0 Å². The van der Waals surface area contributed by atoms with Crippen LogP contribution < -0.4 is 0 Å². The Kier molecular flexibility index (Phi) is 4.58. The first kappa shape index (κ1) is 18.2. The fraction of sp³-hybridized carbons (Fsp3) is 0.650. The van der Waals surface area contributed by atoms with E-state index < -0.39 is 11.2 Å². The number of aliphatic hydroxyl groups is 1. The molecular formula is C20H29NO4. The molecule has 25 heavy (non-hydrogen) atoms. The molecule has 5 nitrogen and oxygen atoms in total. The molecule has 2 atom stereocenters. The van der Waals surface area contributed by atoms with Gasteiger partial charge in [-0.1, -0.05) is 23.8 Å². The predicted molar refractivity (Wildman–Crippen MR) is 95.5 cm³/mol. The zero-order chi connectivity index (χ0) is 18.4. The zero-order valence-corrected chi connectivity index (χ0v) is 15.8. The molecule has 0 spiro atoms. The Morgan fingerprint density at radius 1 is 1.24 bits per heavy atom. The Morgan fingerprint density at radius 2 is 1.84 bits per heavy atom. The van der Waals surface area contributed by atoms with Gasteiger partial charge < -0.3 is 14.6 Å². The Morgan fingerprint density at radius 3 is 2.40 bits per heavy atom. The average Bonchev–Trinajstić information content (AvgIpc) is 2.47. The molecule has 2 aliphatic heterocycles. The van der Waals surface area contributed by atoms with Crippen molar-refractivity contribution in [2.45, 2.75) is 70.7 Å². The summed E-state index contributed by atoms with van der Waals surface area (Å²) in [7, 11) is 0. The number of hydrogen-bond acceptors (Lipinski definition) is 4. The first-order valence-corrected chi connectivity index (χ1v) is 8.98. The number of morpholine rings is 1. The van der Waals surface area contributed by atoms with Gasteiger partial charge in [-0.15, -0.1) is 0 Å². The maximum absolute atomic E-state index is 12.7. The Hall–Kier alpha value is -1.59. The van der Waals surface area contributed by atoms with E-state index in [1.54, 1.807) is 4.90 Å². The number of rotatable bonds is 1. The Bertz CT molecular complexity index is 650. The van der Waals surface area contributed by atoms with Gasteiger partial charge in [-0.2, -0.15) is 0 Å². The van der Waals surface area contributed by atoms with Crippen LogP contribution in [0.15, 0.2) is 18.2 Å². The number of aryl methyl sites for hydroxylation is 2. The summed E-state index contributed by atoms with van der Waals surface area (Å²) in [6, 6.07) is 5.83. The summed E-state index contributed by atoms with van der Waals surface area (Å²) in [5.41, 5.74) is 1.71. The maximum Gasteiger partial charge on any atom is 0.410 e. The number of piperidine rings is 1. The molecule has 2 heterocycles. The lowest BCUT2D eigenvalue weighted by Gasteiger charge is -2.51. The van der Waals surface area contributed by atoms with E-state index in [0.717, 1.165) is 16.7 Å². The van der Waals surface area contributed by atoms with Gasteiger partial charge in [0.25, 0.3) is 0 Å². The normalized spacial score (nSPS) is 29.4. The number of carbonyl (C=O) groups excluding carboxylic acids is 1. The summed E-state index contributed by atoms with van der Waals surface area (Å²) in [6.45, 7) is 10.5. The summed E-state index contributed by atoms with van der Waals surface area (Å²) in [5, 5.41) is 11.5. The van der Waals surface area contributed by atoms with Crippen molar-refractivity contribution in [3.05, 3.63) is 34.9 Å². The van der Waals surface area contributed by atoms with Crippen LogP contribution in [0, 0.1) is 13.8 Å². The van der Waals surface area contributed by atoms with E-state index >= 15 is 0 Å². The number of amides is 1. The molecule has 2 aliphatic rings. The van der Waals surface area contributed by atoms with Crippen molar-refractivity contribution in [2.75, 3.05) is 13.2 Å². The lowest BCUT2D eigenvalue weighted by Crippen LogP contribution is -2.63. The van der Waals surface area contributed by atoms with Gasteiger partial charge in [0, 0.05) is 12.8 Å². The fourth-order valence-electron chi connectivity index (χ4n) is 4.05. The van der Waals surface area contributed by atoms with Gasteiger partial charge in [0.15, 0.2) is 0 Å². The van der Waals surface area contributed by atoms with Crippen LogP contribution in [0.3, 0.4) is 0 Å².